The Morgan fingerprint density at radius 1 is 1.25 bits per heavy atom. The van der Waals surface area contributed by atoms with Gasteiger partial charge in [0.25, 0.3) is 0 Å². The highest BCUT2D eigenvalue weighted by Gasteiger charge is 2.16. The van der Waals surface area contributed by atoms with Gasteiger partial charge in [0.2, 0.25) is 10.0 Å². The first-order chi connectivity index (χ1) is 7.47. The predicted octanol–water partition coefficient (Wildman–Crippen LogP) is 2.79. The molecule has 0 aliphatic carbocycles. The van der Waals surface area contributed by atoms with Gasteiger partial charge in [0, 0.05) is 0 Å². The Hall–Kier alpha value is -1.03. The fraction of sp³-hybridized carbons (Fsp3) is 0.500. The number of nitrogens with one attached hydrogen (secondary N) is 1. The van der Waals surface area contributed by atoms with E-state index in [2.05, 4.69) is 11.6 Å². The van der Waals surface area contributed by atoms with Gasteiger partial charge in [-0.3, -0.25) is 4.72 Å². The van der Waals surface area contributed by atoms with E-state index in [1.165, 1.54) is 0 Å². The quantitative estimate of drug-likeness (QED) is 0.861. The summed E-state index contributed by atoms with van der Waals surface area (Å²) >= 11 is 0. The van der Waals surface area contributed by atoms with Gasteiger partial charge < -0.3 is 0 Å². The van der Waals surface area contributed by atoms with Crippen LogP contribution < -0.4 is 4.72 Å². The van der Waals surface area contributed by atoms with Crippen molar-refractivity contribution in [2.75, 3.05) is 4.72 Å². The van der Waals surface area contributed by atoms with Crippen LogP contribution in [0.25, 0.3) is 0 Å². The molecule has 0 aromatic heterocycles. The molecule has 3 nitrogen and oxygen atoms in total. The number of rotatable bonds is 5. The lowest BCUT2D eigenvalue weighted by Crippen LogP contribution is -2.23. The van der Waals surface area contributed by atoms with Crippen molar-refractivity contribution in [2.45, 2.75) is 38.9 Å². The Morgan fingerprint density at radius 2 is 1.88 bits per heavy atom. The molecule has 1 aromatic rings. The van der Waals surface area contributed by atoms with Gasteiger partial charge in [0.15, 0.2) is 0 Å². The Labute approximate surface area is 97.9 Å². The molecule has 1 aromatic carbocycles. The van der Waals surface area contributed by atoms with Crippen molar-refractivity contribution in [3.05, 3.63) is 29.8 Å². The van der Waals surface area contributed by atoms with Gasteiger partial charge >= 0.3 is 0 Å². The predicted molar refractivity (Wildman–Crippen MR) is 68.1 cm³/mol. The van der Waals surface area contributed by atoms with Crippen molar-refractivity contribution in [1.29, 1.82) is 0 Å². The van der Waals surface area contributed by atoms with Crippen molar-refractivity contribution in [1.82, 2.24) is 0 Å². The summed E-state index contributed by atoms with van der Waals surface area (Å²) in [6.45, 7) is 5.42. The Morgan fingerprint density at radius 3 is 2.44 bits per heavy atom. The van der Waals surface area contributed by atoms with Crippen LogP contribution in [0.4, 0.5) is 5.69 Å². The lowest BCUT2D eigenvalue weighted by atomic mass is 10.1. The zero-order chi connectivity index (χ0) is 12.2. The van der Waals surface area contributed by atoms with E-state index in [1.807, 2.05) is 24.3 Å². The topological polar surface area (TPSA) is 46.2 Å². The van der Waals surface area contributed by atoms with Crippen LogP contribution in [0, 0.1) is 0 Å². The zero-order valence-electron chi connectivity index (χ0n) is 10.0. The van der Waals surface area contributed by atoms with Gasteiger partial charge in [-0.25, -0.2) is 8.42 Å². The number of anilines is 1. The van der Waals surface area contributed by atoms with Crippen molar-refractivity contribution < 1.29 is 8.42 Å². The van der Waals surface area contributed by atoms with Crippen LogP contribution in [-0.4, -0.2) is 13.7 Å². The summed E-state index contributed by atoms with van der Waals surface area (Å²) in [5.74, 6) is 0. The third-order valence-corrected chi connectivity index (χ3v) is 4.16. The van der Waals surface area contributed by atoms with Crippen LogP contribution in [0.15, 0.2) is 24.3 Å². The van der Waals surface area contributed by atoms with Crippen LogP contribution in [0.2, 0.25) is 0 Å². The number of hydrogen-bond acceptors (Lipinski definition) is 2. The van der Waals surface area contributed by atoms with Crippen molar-refractivity contribution in [3.8, 4) is 0 Å². The number of sulfonamides is 1. The van der Waals surface area contributed by atoms with E-state index in [4.69, 9.17) is 0 Å². The molecule has 0 saturated heterocycles. The van der Waals surface area contributed by atoms with Gasteiger partial charge in [0.1, 0.15) is 0 Å². The molecule has 0 bridgehead atoms. The molecule has 0 saturated carbocycles. The van der Waals surface area contributed by atoms with E-state index in [-0.39, 0.29) is 0 Å². The minimum absolute atomic E-state index is 0.415. The molecule has 0 spiro atoms. The van der Waals surface area contributed by atoms with Crippen molar-refractivity contribution in [2.24, 2.45) is 0 Å². The fourth-order valence-corrected chi connectivity index (χ4v) is 2.12. The monoisotopic (exact) mass is 241 g/mol. The molecule has 90 valence electrons. The first-order valence-electron chi connectivity index (χ1n) is 5.57. The van der Waals surface area contributed by atoms with Crippen molar-refractivity contribution in [3.63, 3.8) is 0 Å². The summed E-state index contributed by atoms with van der Waals surface area (Å²) < 4.78 is 26.1. The first kappa shape index (κ1) is 13.0. The second-order valence-corrected chi connectivity index (χ2v) is 6.34. The van der Waals surface area contributed by atoms with E-state index in [1.54, 1.807) is 13.8 Å². The molecule has 4 heteroatoms. The lowest BCUT2D eigenvalue weighted by molar-refractivity contribution is 0.592. The second-order valence-electron chi connectivity index (χ2n) is 4.10. The molecule has 0 heterocycles. The number of aryl methyl sites for hydroxylation is 1. The highest BCUT2D eigenvalue weighted by molar-refractivity contribution is 7.93. The molecule has 0 atom stereocenters. The van der Waals surface area contributed by atoms with E-state index in [0.717, 1.165) is 18.4 Å². The van der Waals surface area contributed by atoms with Crippen LogP contribution >= 0.6 is 0 Å². The first-order valence-corrected chi connectivity index (χ1v) is 7.11. The highest BCUT2D eigenvalue weighted by atomic mass is 32.2. The largest absolute Gasteiger partial charge is 0.283 e. The van der Waals surface area contributed by atoms with Gasteiger partial charge in [-0.2, -0.15) is 0 Å². The van der Waals surface area contributed by atoms with Crippen molar-refractivity contribution >= 4 is 15.7 Å². The summed E-state index contributed by atoms with van der Waals surface area (Å²) in [5, 5.41) is -0.415. The number of benzene rings is 1. The molecule has 16 heavy (non-hydrogen) atoms. The summed E-state index contributed by atoms with van der Waals surface area (Å²) in [5.41, 5.74) is 1.76. The summed E-state index contributed by atoms with van der Waals surface area (Å²) in [4.78, 5) is 0. The van der Waals surface area contributed by atoms with Crippen LogP contribution in [0.3, 0.4) is 0 Å². The summed E-state index contributed by atoms with van der Waals surface area (Å²) in [6.07, 6.45) is 1.89. The van der Waals surface area contributed by atoms with Crippen LogP contribution in [0.1, 0.15) is 32.8 Å². The third-order valence-electron chi connectivity index (χ3n) is 2.41. The standard InChI is InChI=1S/C12H19NO2S/c1-4-7-11-8-5-6-9-12(11)13-16(14,15)10(2)3/h5-6,8-10,13H,4,7H2,1-3H3. The minimum Gasteiger partial charge on any atom is -0.283 e. The molecule has 0 fully saturated rings. The molecule has 0 aliphatic rings. The maximum atomic E-state index is 11.7. The lowest BCUT2D eigenvalue weighted by Gasteiger charge is -2.14. The number of hydrogen-bond donors (Lipinski definition) is 1. The van der Waals surface area contributed by atoms with Crippen LogP contribution in [0.5, 0.6) is 0 Å². The Balaban J connectivity index is 2.97. The summed E-state index contributed by atoms with van der Waals surface area (Å²) in [7, 11) is -3.24. The van der Waals surface area contributed by atoms with E-state index < -0.39 is 15.3 Å². The fourth-order valence-electron chi connectivity index (χ4n) is 1.38. The molecular formula is C12H19NO2S. The van der Waals surface area contributed by atoms with Gasteiger partial charge in [-0.1, -0.05) is 31.5 Å². The second kappa shape index (κ2) is 5.34. The highest BCUT2D eigenvalue weighted by Crippen LogP contribution is 2.19. The minimum atomic E-state index is -3.24. The molecule has 1 rings (SSSR count). The van der Waals surface area contributed by atoms with Gasteiger partial charge in [-0.15, -0.1) is 0 Å². The SMILES string of the molecule is CCCc1ccccc1NS(=O)(=O)C(C)C. The molecular weight excluding hydrogens is 222 g/mol. The maximum absolute atomic E-state index is 11.7. The average molecular weight is 241 g/mol. The molecule has 0 radical (unpaired) electrons. The Kier molecular flexibility index (Phi) is 4.35. The van der Waals surface area contributed by atoms with Gasteiger partial charge in [-0.05, 0) is 31.9 Å². The summed E-state index contributed by atoms with van der Waals surface area (Å²) in [6, 6.07) is 7.54. The maximum Gasteiger partial charge on any atom is 0.235 e. The smallest absolute Gasteiger partial charge is 0.235 e. The third kappa shape index (κ3) is 3.23. The number of para-hydroxylation sites is 1. The van der Waals surface area contributed by atoms with Gasteiger partial charge in [0.05, 0.1) is 10.9 Å². The molecule has 1 N–H and O–H groups in total. The average Bonchev–Trinajstić information content (AvgIpc) is 2.20. The van der Waals surface area contributed by atoms with E-state index in [9.17, 15) is 8.42 Å². The normalized spacial score (nSPS) is 11.8. The Bertz CT molecular complexity index is 438. The van der Waals surface area contributed by atoms with Crippen LogP contribution in [-0.2, 0) is 16.4 Å². The molecule has 0 unspecified atom stereocenters. The zero-order valence-corrected chi connectivity index (χ0v) is 10.8. The molecule has 0 amide bonds. The van der Waals surface area contributed by atoms with E-state index in [0.29, 0.717) is 5.69 Å². The molecule has 0 aliphatic heterocycles. The van der Waals surface area contributed by atoms with E-state index >= 15 is 0 Å².